The zero-order chi connectivity index (χ0) is 16.7. The molecule has 1 amide bonds. The van der Waals surface area contributed by atoms with Crippen LogP contribution in [-0.2, 0) is 13.0 Å². The molecule has 0 unspecified atom stereocenters. The number of nitrogens with one attached hydrogen (secondary N) is 1. The van der Waals surface area contributed by atoms with Gasteiger partial charge in [0.05, 0.1) is 14.2 Å². The molecule has 0 spiro atoms. The van der Waals surface area contributed by atoms with Gasteiger partial charge in [-0.1, -0.05) is 6.92 Å². The molecule has 23 heavy (non-hydrogen) atoms. The molecule has 0 aliphatic rings. The van der Waals surface area contributed by atoms with Gasteiger partial charge in [-0.2, -0.15) is 0 Å². The van der Waals surface area contributed by atoms with Crippen LogP contribution in [0, 0.1) is 0 Å². The summed E-state index contributed by atoms with van der Waals surface area (Å²) >= 11 is 0. The van der Waals surface area contributed by atoms with Gasteiger partial charge < -0.3 is 19.4 Å². The van der Waals surface area contributed by atoms with Gasteiger partial charge in [-0.05, 0) is 24.6 Å². The number of amides is 1. The molecular weight excluding hydrogens is 294 g/mol. The largest absolute Gasteiger partial charge is 0.493 e. The minimum absolute atomic E-state index is 0.118. The van der Waals surface area contributed by atoms with Crippen LogP contribution in [0.15, 0.2) is 30.6 Å². The van der Waals surface area contributed by atoms with Crippen LogP contribution >= 0.6 is 0 Å². The van der Waals surface area contributed by atoms with Crippen molar-refractivity contribution in [1.29, 1.82) is 0 Å². The van der Waals surface area contributed by atoms with E-state index in [1.165, 1.54) is 0 Å². The minimum Gasteiger partial charge on any atom is -0.493 e. The molecule has 0 atom stereocenters. The second-order valence-corrected chi connectivity index (χ2v) is 5.07. The molecule has 6 nitrogen and oxygen atoms in total. The minimum atomic E-state index is -0.118. The average molecular weight is 317 g/mol. The first-order chi connectivity index (χ1) is 11.2. The molecule has 2 aromatic rings. The van der Waals surface area contributed by atoms with E-state index in [0.717, 1.165) is 25.2 Å². The van der Waals surface area contributed by atoms with Gasteiger partial charge in [0.15, 0.2) is 11.5 Å². The van der Waals surface area contributed by atoms with Crippen molar-refractivity contribution in [1.82, 2.24) is 14.9 Å². The number of nitrogens with zero attached hydrogens (tertiary/aromatic N) is 2. The molecule has 0 aliphatic carbocycles. The van der Waals surface area contributed by atoms with Gasteiger partial charge in [-0.25, -0.2) is 4.98 Å². The molecule has 1 heterocycles. The lowest BCUT2D eigenvalue weighted by Crippen LogP contribution is -2.25. The predicted octanol–water partition coefficient (Wildman–Crippen LogP) is 2.28. The SMILES string of the molecule is CCc1nccn1CCCNC(=O)c1ccc(OC)c(OC)c1. The zero-order valence-corrected chi connectivity index (χ0v) is 13.8. The van der Waals surface area contributed by atoms with Crippen molar-refractivity contribution in [3.05, 3.63) is 42.0 Å². The maximum Gasteiger partial charge on any atom is 0.251 e. The van der Waals surface area contributed by atoms with Crippen molar-refractivity contribution < 1.29 is 14.3 Å². The van der Waals surface area contributed by atoms with Crippen LogP contribution in [0.25, 0.3) is 0 Å². The number of aryl methyl sites for hydroxylation is 2. The van der Waals surface area contributed by atoms with Crippen LogP contribution < -0.4 is 14.8 Å². The number of carbonyl (C=O) groups is 1. The maximum absolute atomic E-state index is 12.2. The summed E-state index contributed by atoms with van der Waals surface area (Å²) in [4.78, 5) is 16.5. The Morgan fingerprint density at radius 1 is 1.26 bits per heavy atom. The van der Waals surface area contributed by atoms with Gasteiger partial charge in [-0.3, -0.25) is 4.79 Å². The van der Waals surface area contributed by atoms with Crippen LogP contribution in [0.3, 0.4) is 0 Å². The van der Waals surface area contributed by atoms with E-state index in [4.69, 9.17) is 9.47 Å². The third-order valence-corrected chi connectivity index (χ3v) is 3.63. The first kappa shape index (κ1) is 16.9. The molecule has 0 radical (unpaired) electrons. The highest BCUT2D eigenvalue weighted by Crippen LogP contribution is 2.27. The third-order valence-electron chi connectivity index (χ3n) is 3.63. The second kappa shape index (κ2) is 8.22. The topological polar surface area (TPSA) is 65.4 Å². The molecule has 1 N–H and O–H groups in total. The van der Waals surface area contributed by atoms with E-state index in [9.17, 15) is 4.79 Å². The Morgan fingerprint density at radius 3 is 2.74 bits per heavy atom. The molecule has 1 aromatic carbocycles. The molecule has 2 rings (SSSR count). The number of carbonyl (C=O) groups excluding carboxylic acids is 1. The molecule has 1 aromatic heterocycles. The van der Waals surface area contributed by atoms with Crippen molar-refractivity contribution >= 4 is 5.91 Å². The second-order valence-electron chi connectivity index (χ2n) is 5.07. The summed E-state index contributed by atoms with van der Waals surface area (Å²) in [7, 11) is 3.12. The highest BCUT2D eigenvalue weighted by atomic mass is 16.5. The van der Waals surface area contributed by atoms with Gasteiger partial charge in [0, 0.05) is 37.5 Å². The lowest BCUT2D eigenvalue weighted by molar-refractivity contribution is 0.0952. The Morgan fingerprint density at radius 2 is 2.04 bits per heavy atom. The van der Waals surface area contributed by atoms with E-state index >= 15 is 0 Å². The van der Waals surface area contributed by atoms with Gasteiger partial charge >= 0.3 is 0 Å². The summed E-state index contributed by atoms with van der Waals surface area (Å²) in [6.07, 6.45) is 5.53. The zero-order valence-electron chi connectivity index (χ0n) is 13.8. The average Bonchev–Trinajstić information content (AvgIpc) is 3.05. The number of imidazole rings is 1. The van der Waals surface area contributed by atoms with Crippen molar-refractivity contribution in [2.75, 3.05) is 20.8 Å². The first-order valence-corrected chi connectivity index (χ1v) is 7.69. The summed E-state index contributed by atoms with van der Waals surface area (Å²) < 4.78 is 12.5. The molecule has 6 heteroatoms. The van der Waals surface area contributed by atoms with Crippen molar-refractivity contribution in [2.24, 2.45) is 0 Å². The molecule has 0 saturated heterocycles. The summed E-state index contributed by atoms with van der Waals surface area (Å²) in [6, 6.07) is 5.13. The van der Waals surface area contributed by atoms with Crippen LogP contribution in [0.2, 0.25) is 0 Å². The number of hydrogen-bond acceptors (Lipinski definition) is 4. The Labute approximate surface area is 136 Å². The smallest absolute Gasteiger partial charge is 0.251 e. The van der Waals surface area contributed by atoms with E-state index < -0.39 is 0 Å². The predicted molar refractivity (Wildman–Crippen MR) is 88.1 cm³/mol. The van der Waals surface area contributed by atoms with E-state index in [1.54, 1.807) is 38.6 Å². The Balaban J connectivity index is 1.85. The Bertz CT molecular complexity index is 652. The maximum atomic E-state index is 12.2. The van der Waals surface area contributed by atoms with E-state index in [-0.39, 0.29) is 5.91 Å². The quantitative estimate of drug-likeness (QED) is 0.759. The van der Waals surface area contributed by atoms with Gasteiger partial charge in [0.2, 0.25) is 0 Å². The Kier molecular flexibility index (Phi) is 6.02. The van der Waals surface area contributed by atoms with Crippen LogP contribution in [0.1, 0.15) is 29.5 Å². The van der Waals surface area contributed by atoms with E-state index in [1.807, 2.05) is 6.20 Å². The van der Waals surface area contributed by atoms with Crippen molar-refractivity contribution in [3.8, 4) is 11.5 Å². The number of hydrogen-bond donors (Lipinski definition) is 1. The normalized spacial score (nSPS) is 10.4. The van der Waals surface area contributed by atoms with E-state index in [2.05, 4.69) is 21.8 Å². The number of aromatic nitrogens is 2. The van der Waals surface area contributed by atoms with Crippen LogP contribution in [-0.4, -0.2) is 36.2 Å². The number of rotatable bonds is 8. The van der Waals surface area contributed by atoms with Crippen LogP contribution in [0.5, 0.6) is 11.5 Å². The highest BCUT2D eigenvalue weighted by Gasteiger charge is 2.10. The van der Waals surface area contributed by atoms with E-state index in [0.29, 0.717) is 23.6 Å². The lowest BCUT2D eigenvalue weighted by Gasteiger charge is -2.10. The monoisotopic (exact) mass is 317 g/mol. The van der Waals surface area contributed by atoms with Crippen LogP contribution in [0.4, 0.5) is 0 Å². The Hall–Kier alpha value is -2.50. The number of benzene rings is 1. The molecule has 0 bridgehead atoms. The number of ether oxygens (including phenoxy) is 2. The lowest BCUT2D eigenvalue weighted by atomic mass is 10.2. The first-order valence-electron chi connectivity index (χ1n) is 7.69. The fraction of sp³-hybridized carbons (Fsp3) is 0.412. The van der Waals surface area contributed by atoms with Crippen molar-refractivity contribution in [3.63, 3.8) is 0 Å². The molecular formula is C17H23N3O3. The van der Waals surface area contributed by atoms with Crippen molar-refractivity contribution in [2.45, 2.75) is 26.3 Å². The molecule has 0 fully saturated rings. The molecule has 0 aliphatic heterocycles. The summed E-state index contributed by atoms with van der Waals surface area (Å²) in [5.74, 6) is 2.10. The molecule has 0 saturated carbocycles. The fourth-order valence-electron chi connectivity index (χ4n) is 2.39. The van der Waals surface area contributed by atoms with Gasteiger partial charge in [0.1, 0.15) is 5.82 Å². The van der Waals surface area contributed by atoms with Gasteiger partial charge in [0.25, 0.3) is 5.91 Å². The number of methoxy groups -OCH3 is 2. The molecule has 124 valence electrons. The highest BCUT2D eigenvalue weighted by molar-refractivity contribution is 5.94. The van der Waals surface area contributed by atoms with Gasteiger partial charge in [-0.15, -0.1) is 0 Å². The standard InChI is InChI=1S/C17H23N3O3/c1-4-16-18-9-11-20(16)10-5-8-19-17(21)13-6-7-14(22-2)15(12-13)23-3/h6-7,9,11-12H,4-5,8,10H2,1-3H3,(H,19,21). The summed E-state index contributed by atoms with van der Waals surface area (Å²) in [5.41, 5.74) is 0.555. The third kappa shape index (κ3) is 4.25. The summed E-state index contributed by atoms with van der Waals surface area (Å²) in [5, 5.41) is 2.92. The fourth-order valence-corrected chi connectivity index (χ4v) is 2.39. The summed E-state index contributed by atoms with van der Waals surface area (Å²) in [6.45, 7) is 3.53.